The third kappa shape index (κ3) is 2.61. The Bertz CT molecular complexity index is 512. The number of para-hydroxylation sites is 1. The van der Waals surface area contributed by atoms with E-state index in [4.69, 9.17) is 0 Å². The molecular formula is C16H19N3. The fourth-order valence-corrected chi connectivity index (χ4v) is 2.68. The van der Waals surface area contributed by atoms with Crippen LogP contribution < -0.4 is 4.90 Å². The molecule has 1 aliphatic rings. The summed E-state index contributed by atoms with van der Waals surface area (Å²) >= 11 is 0. The van der Waals surface area contributed by atoms with Gasteiger partial charge < -0.3 is 4.90 Å². The number of hydrogen-bond acceptors (Lipinski definition) is 3. The summed E-state index contributed by atoms with van der Waals surface area (Å²) in [5.41, 5.74) is 2.61. The van der Waals surface area contributed by atoms with E-state index in [0.29, 0.717) is 6.04 Å². The summed E-state index contributed by atoms with van der Waals surface area (Å²) in [5.74, 6) is 0. The molecular weight excluding hydrogens is 234 g/mol. The number of rotatable bonds is 2. The van der Waals surface area contributed by atoms with Crippen molar-refractivity contribution in [2.45, 2.75) is 6.04 Å². The second-order valence-corrected chi connectivity index (χ2v) is 5.06. The molecule has 0 saturated carbocycles. The lowest BCUT2D eigenvalue weighted by Gasteiger charge is -2.40. The molecule has 1 aromatic carbocycles. The SMILES string of the molecule is CN1CCN(c2ccccc2)CC1c1cccnc1. The molecule has 0 bridgehead atoms. The average Bonchev–Trinajstić information content (AvgIpc) is 2.49. The highest BCUT2D eigenvalue weighted by Gasteiger charge is 2.25. The Morgan fingerprint density at radius 3 is 2.63 bits per heavy atom. The normalized spacial score (nSPS) is 20.5. The first kappa shape index (κ1) is 12.2. The molecule has 3 heteroatoms. The van der Waals surface area contributed by atoms with Gasteiger partial charge in [0.2, 0.25) is 0 Å². The van der Waals surface area contributed by atoms with Crippen molar-refractivity contribution in [2.75, 3.05) is 31.6 Å². The van der Waals surface area contributed by atoms with E-state index >= 15 is 0 Å². The lowest BCUT2D eigenvalue weighted by Crippen LogP contribution is -2.46. The van der Waals surface area contributed by atoms with Crippen molar-refractivity contribution in [3.05, 3.63) is 60.4 Å². The highest BCUT2D eigenvalue weighted by molar-refractivity contribution is 5.47. The predicted molar refractivity (Wildman–Crippen MR) is 78.3 cm³/mol. The summed E-state index contributed by atoms with van der Waals surface area (Å²) in [5, 5.41) is 0. The van der Waals surface area contributed by atoms with E-state index in [1.165, 1.54) is 11.3 Å². The van der Waals surface area contributed by atoms with Crippen LogP contribution in [0.3, 0.4) is 0 Å². The van der Waals surface area contributed by atoms with Crippen LogP contribution in [0.1, 0.15) is 11.6 Å². The number of pyridine rings is 1. The molecule has 3 rings (SSSR count). The van der Waals surface area contributed by atoms with Crippen LogP contribution in [0.15, 0.2) is 54.9 Å². The fraction of sp³-hybridized carbons (Fsp3) is 0.312. The number of piperazine rings is 1. The standard InChI is InChI=1S/C16H19N3/c1-18-10-11-19(15-7-3-2-4-8-15)13-16(18)14-6-5-9-17-12-14/h2-9,12,16H,10-11,13H2,1H3. The van der Waals surface area contributed by atoms with E-state index in [2.05, 4.69) is 58.2 Å². The molecule has 98 valence electrons. The van der Waals surface area contributed by atoms with Gasteiger partial charge in [-0.25, -0.2) is 0 Å². The minimum atomic E-state index is 0.419. The molecule has 2 aromatic rings. The molecule has 1 aromatic heterocycles. The number of benzene rings is 1. The van der Waals surface area contributed by atoms with Gasteiger partial charge in [0.15, 0.2) is 0 Å². The van der Waals surface area contributed by atoms with E-state index in [-0.39, 0.29) is 0 Å². The van der Waals surface area contributed by atoms with Crippen molar-refractivity contribution in [3.8, 4) is 0 Å². The summed E-state index contributed by atoms with van der Waals surface area (Å²) < 4.78 is 0. The van der Waals surface area contributed by atoms with Gasteiger partial charge in [-0.15, -0.1) is 0 Å². The highest BCUT2D eigenvalue weighted by atomic mass is 15.3. The Morgan fingerprint density at radius 2 is 1.89 bits per heavy atom. The minimum absolute atomic E-state index is 0.419. The van der Waals surface area contributed by atoms with Gasteiger partial charge in [0.25, 0.3) is 0 Å². The summed E-state index contributed by atoms with van der Waals surface area (Å²) in [4.78, 5) is 9.12. The van der Waals surface area contributed by atoms with Gasteiger partial charge in [0.1, 0.15) is 0 Å². The maximum absolute atomic E-state index is 4.25. The Morgan fingerprint density at radius 1 is 1.05 bits per heavy atom. The topological polar surface area (TPSA) is 19.4 Å². The van der Waals surface area contributed by atoms with E-state index < -0.39 is 0 Å². The molecule has 1 unspecified atom stereocenters. The molecule has 1 fully saturated rings. The van der Waals surface area contributed by atoms with Crippen LogP contribution in [0, 0.1) is 0 Å². The first-order valence-electron chi connectivity index (χ1n) is 6.75. The lowest BCUT2D eigenvalue weighted by atomic mass is 10.0. The van der Waals surface area contributed by atoms with Crippen LogP contribution in [0.25, 0.3) is 0 Å². The maximum Gasteiger partial charge on any atom is 0.0536 e. The molecule has 3 nitrogen and oxygen atoms in total. The Kier molecular flexibility index (Phi) is 3.47. The lowest BCUT2D eigenvalue weighted by molar-refractivity contribution is 0.221. The molecule has 2 heterocycles. The van der Waals surface area contributed by atoms with E-state index in [9.17, 15) is 0 Å². The van der Waals surface area contributed by atoms with Crippen LogP contribution in [0.2, 0.25) is 0 Å². The van der Waals surface area contributed by atoms with Crippen molar-refractivity contribution >= 4 is 5.69 Å². The van der Waals surface area contributed by atoms with Crippen molar-refractivity contribution in [1.29, 1.82) is 0 Å². The van der Waals surface area contributed by atoms with Crippen LogP contribution in [0.4, 0.5) is 5.69 Å². The van der Waals surface area contributed by atoms with Crippen molar-refractivity contribution in [2.24, 2.45) is 0 Å². The summed E-state index contributed by atoms with van der Waals surface area (Å²) in [6, 6.07) is 15.3. The van der Waals surface area contributed by atoms with Gasteiger partial charge >= 0.3 is 0 Å². The third-order valence-corrected chi connectivity index (χ3v) is 3.84. The zero-order valence-electron chi connectivity index (χ0n) is 11.2. The molecule has 0 spiro atoms. The maximum atomic E-state index is 4.25. The van der Waals surface area contributed by atoms with E-state index in [0.717, 1.165) is 19.6 Å². The van der Waals surface area contributed by atoms with Crippen LogP contribution in [-0.4, -0.2) is 36.6 Å². The monoisotopic (exact) mass is 253 g/mol. The molecule has 0 radical (unpaired) electrons. The quantitative estimate of drug-likeness (QED) is 0.820. The fourth-order valence-electron chi connectivity index (χ4n) is 2.68. The smallest absolute Gasteiger partial charge is 0.0536 e. The summed E-state index contributed by atoms with van der Waals surface area (Å²) in [6.07, 6.45) is 3.82. The predicted octanol–water partition coefficient (Wildman–Crippen LogP) is 2.57. The van der Waals surface area contributed by atoms with Crippen LogP contribution >= 0.6 is 0 Å². The van der Waals surface area contributed by atoms with Crippen LogP contribution in [0.5, 0.6) is 0 Å². The molecule has 1 atom stereocenters. The zero-order valence-corrected chi connectivity index (χ0v) is 11.2. The Labute approximate surface area is 114 Å². The Balaban J connectivity index is 1.82. The molecule has 0 aliphatic carbocycles. The molecule has 0 N–H and O–H groups in total. The largest absolute Gasteiger partial charge is 0.368 e. The number of likely N-dealkylation sites (N-methyl/N-ethyl adjacent to an activating group) is 1. The average molecular weight is 253 g/mol. The molecule has 0 amide bonds. The van der Waals surface area contributed by atoms with Gasteiger partial charge in [0, 0.05) is 37.7 Å². The first-order valence-corrected chi connectivity index (χ1v) is 6.75. The van der Waals surface area contributed by atoms with Gasteiger partial charge in [-0.2, -0.15) is 0 Å². The number of hydrogen-bond donors (Lipinski definition) is 0. The number of aromatic nitrogens is 1. The molecule has 19 heavy (non-hydrogen) atoms. The first-order chi connectivity index (χ1) is 9.34. The van der Waals surface area contributed by atoms with Gasteiger partial charge in [-0.05, 0) is 30.8 Å². The van der Waals surface area contributed by atoms with Gasteiger partial charge in [0.05, 0.1) is 6.04 Å². The second kappa shape index (κ2) is 5.41. The molecule has 1 saturated heterocycles. The number of nitrogens with zero attached hydrogens (tertiary/aromatic N) is 3. The third-order valence-electron chi connectivity index (χ3n) is 3.84. The van der Waals surface area contributed by atoms with Crippen LogP contribution in [-0.2, 0) is 0 Å². The number of anilines is 1. The van der Waals surface area contributed by atoms with Gasteiger partial charge in [-0.3, -0.25) is 9.88 Å². The zero-order chi connectivity index (χ0) is 13.1. The Hall–Kier alpha value is -1.87. The van der Waals surface area contributed by atoms with E-state index in [1.54, 1.807) is 0 Å². The van der Waals surface area contributed by atoms with Crippen molar-refractivity contribution in [1.82, 2.24) is 9.88 Å². The second-order valence-electron chi connectivity index (χ2n) is 5.06. The summed E-state index contributed by atoms with van der Waals surface area (Å²) in [6.45, 7) is 3.18. The molecule has 1 aliphatic heterocycles. The van der Waals surface area contributed by atoms with Crippen molar-refractivity contribution < 1.29 is 0 Å². The summed E-state index contributed by atoms with van der Waals surface area (Å²) in [7, 11) is 2.19. The van der Waals surface area contributed by atoms with E-state index in [1.807, 2.05) is 18.5 Å². The van der Waals surface area contributed by atoms with Gasteiger partial charge in [-0.1, -0.05) is 24.3 Å². The highest BCUT2D eigenvalue weighted by Crippen LogP contribution is 2.26. The van der Waals surface area contributed by atoms with Crippen molar-refractivity contribution in [3.63, 3.8) is 0 Å². The minimum Gasteiger partial charge on any atom is -0.368 e.